The molecule has 0 aliphatic carbocycles. The van der Waals surface area contributed by atoms with Crippen LogP contribution in [0, 0.1) is 0 Å². The minimum atomic E-state index is -2.66. The first kappa shape index (κ1) is 109. The molecule has 133 heavy (non-hydrogen) atoms. The molecule has 55 atom stereocenters. The van der Waals surface area contributed by atoms with Crippen LogP contribution in [-0.2, 0) is 119 Å². The van der Waals surface area contributed by atoms with Gasteiger partial charge >= 0.3 is 0 Å². The highest BCUT2D eigenvalue weighted by Gasteiger charge is 2.63. The molecule has 11 saturated heterocycles. The van der Waals surface area contributed by atoms with E-state index in [0.29, 0.717) is 0 Å². The molecular formula is C74H124N4O55. The van der Waals surface area contributed by atoms with Gasteiger partial charge in [-0.3, -0.25) is 19.2 Å². The standard InChI is InChI=1S/C74H124N4O55/c1-16-35(91)46(102)51(107)68(115-16)113-15-30-59(42(98)31(64(112)116-30)75-17(2)87)126-65-32(76-18(3)88)43(99)58(28(13-86)122-65)129-72-55(111)61(41(97)29(125-72)14-114-73-62(49(105)38(94)23(8-81)120-73)132-66-33(77-19(4)89)44(100)56(26(11-84)123-66)127-69-52(108)47(103)36(92)21(6-79)117-69)130-71-54(110)60(40(96)25(10-83)119-71)131-74-63(50(106)39(95)24(9-82)121-74)133-67-34(78-20(5)90)45(101)57(27(12-85)124-67)128-70-53(109)48(104)37(93)22(7-80)118-70/h16,21-74,79-86,91-112H,6-15H2,1-5H3,(H,75,87)(H,76,88)(H,77,89)(H,78,90)/t16-,21+,22+,23+,24+,25+,26+,27+,28+,29+,30+,31+,32+,33+,34-,35+,36-,37-,38+,39+,40+,41+,42+,43+,44+,45+,46+,47-,48-,49-,50-,51-,52+,53+,54-,55-,56+,57+,58+,59+,60-,61-,62-,63-,64?,65-,66-,67-,68+,69-,70-,71+,72-,73-,74+/m0/s1. The molecule has 34 N–H and O–H groups in total. The van der Waals surface area contributed by atoms with Crippen LogP contribution in [0.25, 0.3) is 0 Å². The Morgan fingerprint density at radius 1 is 0.211 bits per heavy atom. The summed E-state index contributed by atoms with van der Waals surface area (Å²) in [7, 11) is 0. The Bertz CT molecular complexity index is 3630. The Morgan fingerprint density at radius 2 is 0.459 bits per heavy atom. The van der Waals surface area contributed by atoms with E-state index < -0.39 is 427 Å². The predicted octanol–water partition coefficient (Wildman–Crippen LogP) is -23.4. The van der Waals surface area contributed by atoms with Crippen LogP contribution in [0.3, 0.4) is 0 Å². The lowest BCUT2D eigenvalue weighted by Gasteiger charge is -2.51. The number of carbonyl (C=O) groups is 4. The molecule has 0 radical (unpaired) electrons. The molecule has 11 aliphatic rings. The number of aliphatic hydroxyl groups is 30. The van der Waals surface area contributed by atoms with Gasteiger partial charge in [0.05, 0.1) is 72.2 Å². The topological polar surface area (TPSA) is 917 Å². The molecule has 0 aromatic rings. The number of hydrogen-bond donors (Lipinski definition) is 34. The van der Waals surface area contributed by atoms with Crippen LogP contribution >= 0.6 is 0 Å². The molecular weight excluding hydrogens is 1820 g/mol. The minimum Gasteiger partial charge on any atom is -0.394 e. The van der Waals surface area contributed by atoms with Crippen molar-refractivity contribution in [3.63, 3.8) is 0 Å². The highest BCUT2D eigenvalue weighted by atomic mass is 16.8. The zero-order chi connectivity index (χ0) is 97.8. The Hall–Kier alpha value is -4.16. The van der Waals surface area contributed by atoms with Gasteiger partial charge in [0.25, 0.3) is 0 Å². The zero-order valence-electron chi connectivity index (χ0n) is 71.4. The van der Waals surface area contributed by atoms with E-state index in [-0.39, 0.29) is 0 Å². The van der Waals surface area contributed by atoms with Crippen LogP contribution in [0.2, 0.25) is 0 Å². The number of rotatable bonds is 34. The molecule has 4 amide bonds. The quantitative estimate of drug-likeness (QED) is 0.0284. The highest BCUT2D eigenvalue weighted by molar-refractivity contribution is 5.74. The van der Waals surface area contributed by atoms with Crippen molar-refractivity contribution in [1.29, 1.82) is 0 Å². The Balaban J connectivity index is 0.910. The van der Waals surface area contributed by atoms with Crippen molar-refractivity contribution < 1.29 is 272 Å². The van der Waals surface area contributed by atoms with Crippen molar-refractivity contribution in [2.75, 3.05) is 66.1 Å². The Kier molecular flexibility index (Phi) is 39.1. The van der Waals surface area contributed by atoms with E-state index in [9.17, 15) is 172 Å². The van der Waals surface area contributed by atoms with E-state index in [1.165, 1.54) is 6.92 Å². The van der Waals surface area contributed by atoms with Crippen LogP contribution in [-0.4, -0.2) is 580 Å². The number of ether oxygens (including phenoxy) is 21. The van der Waals surface area contributed by atoms with Crippen molar-refractivity contribution in [2.24, 2.45) is 0 Å². The molecule has 0 bridgehead atoms. The van der Waals surface area contributed by atoms with Crippen molar-refractivity contribution in [2.45, 2.75) is 372 Å². The summed E-state index contributed by atoms with van der Waals surface area (Å²) in [6, 6.07) is -7.72. The monoisotopic (exact) mass is 1950 g/mol. The van der Waals surface area contributed by atoms with Crippen LogP contribution < -0.4 is 21.3 Å². The maximum absolute atomic E-state index is 13.3. The molecule has 11 rings (SSSR count). The fraction of sp³-hybridized carbons (Fsp3) is 0.946. The zero-order valence-corrected chi connectivity index (χ0v) is 71.4. The molecule has 0 aromatic heterocycles. The summed E-state index contributed by atoms with van der Waals surface area (Å²) in [5.74, 6) is -3.79. The van der Waals surface area contributed by atoms with Crippen LogP contribution in [0.4, 0.5) is 0 Å². The van der Waals surface area contributed by atoms with Gasteiger partial charge in [-0.25, -0.2) is 0 Å². The van der Waals surface area contributed by atoms with Crippen molar-refractivity contribution in [3.05, 3.63) is 0 Å². The fourth-order valence-corrected chi connectivity index (χ4v) is 17.3. The van der Waals surface area contributed by atoms with Gasteiger partial charge in [-0.2, -0.15) is 0 Å². The third kappa shape index (κ3) is 24.1. The highest BCUT2D eigenvalue weighted by Crippen LogP contribution is 2.42. The summed E-state index contributed by atoms with van der Waals surface area (Å²) in [6.07, 6.45) is -108. The first-order chi connectivity index (χ1) is 62.9. The van der Waals surface area contributed by atoms with Crippen molar-refractivity contribution in [3.8, 4) is 0 Å². The first-order valence-electron chi connectivity index (χ1n) is 42.5. The van der Waals surface area contributed by atoms with Gasteiger partial charge in [-0.05, 0) is 6.92 Å². The average molecular weight is 1950 g/mol. The third-order valence-electron chi connectivity index (χ3n) is 24.5. The van der Waals surface area contributed by atoms with Crippen molar-refractivity contribution >= 4 is 23.6 Å². The smallest absolute Gasteiger partial charge is 0.217 e. The number of amides is 4. The van der Waals surface area contributed by atoms with Gasteiger partial charge < -0.3 is 274 Å². The number of carbonyl (C=O) groups excluding carboxylic acids is 4. The Morgan fingerprint density at radius 3 is 0.842 bits per heavy atom. The second-order valence-corrected chi connectivity index (χ2v) is 33.8. The Labute approximate surface area is 752 Å². The number of nitrogens with one attached hydrogen (secondary N) is 4. The molecule has 11 aliphatic heterocycles. The van der Waals surface area contributed by atoms with Gasteiger partial charge in [-0.1, -0.05) is 0 Å². The molecule has 0 aromatic carbocycles. The lowest BCUT2D eigenvalue weighted by molar-refractivity contribution is -0.401. The maximum Gasteiger partial charge on any atom is 0.217 e. The summed E-state index contributed by atoms with van der Waals surface area (Å²) in [5, 5.41) is 346. The van der Waals surface area contributed by atoms with E-state index in [1.54, 1.807) is 0 Å². The van der Waals surface area contributed by atoms with Gasteiger partial charge in [0.15, 0.2) is 69.2 Å². The molecule has 770 valence electrons. The van der Waals surface area contributed by atoms with E-state index in [4.69, 9.17) is 99.5 Å². The molecule has 1 unspecified atom stereocenters. The second-order valence-electron chi connectivity index (χ2n) is 33.8. The minimum absolute atomic E-state index is 0.859. The summed E-state index contributed by atoms with van der Waals surface area (Å²) < 4.78 is 125. The van der Waals surface area contributed by atoms with Crippen LogP contribution in [0.1, 0.15) is 34.6 Å². The molecule has 11 fully saturated rings. The molecule has 59 heteroatoms. The van der Waals surface area contributed by atoms with E-state index in [0.717, 1.165) is 27.7 Å². The average Bonchev–Trinajstić information content (AvgIpc) is 0.802. The van der Waals surface area contributed by atoms with Gasteiger partial charge in [0, 0.05) is 27.7 Å². The largest absolute Gasteiger partial charge is 0.394 e. The van der Waals surface area contributed by atoms with E-state index >= 15 is 0 Å². The fourth-order valence-electron chi connectivity index (χ4n) is 17.3. The summed E-state index contributed by atoms with van der Waals surface area (Å²) >= 11 is 0. The number of hydrogen-bond acceptors (Lipinski definition) is 55. The third-order valence-corrected chi connectivity index (χ3v) is 24.5. The van der Waals surface area contributed by atoms with Gasteiger partial charge in [-0.15, -0.1) is 0 Å². The lowest BCUT2D eigenvalue weighted by atomic mass is 9.93. The molecule has 59 nitrogen and oxygen atoms in total. The van der Waals surface area contributed by atoms with E-state index in [2.05, 4.69) is 21.3 Å². The predicted molar refractivity (Wildman–Crippen MR) is 407 cm³/mol. The van der Waals surface area contributed by atoms with E-state index in [1.807, 2.05) is 0 Å². The normalized spacial score (nSPS) is 50.1. The van der Waals surface area contributed by atoms with Gasteiger partial charge in [0.1, 0.15) is 262 Å². The van der Waals surface area contributed by atoms with Gasteiger partial charge in [0.2, 0.25) is 23.6 Å². The summed E-state index contributed by atoms with van der Waals surface area (Å²) in [4.78, 5) is 51.7. The summed E-state index contributed by atoms with van der Waals surface area (Å²) in [5.41, 5.74) is 0. The van der Waals surface area contributed by atoms with Crippen LogP contribution in [0.5, 0.6) is 0 Å². The summed E-state index contributed by atoms with van der Waals surface area (Å²) in [6.45, 7) is -6.25. The number of aliphatic hydroxyl groups excluding tert-OH is 30. The molecule has 11 heterocycles. The molecule has 0 spiro atoms. The molecule has 0 saturated carbocycles. The lowest BCUT2D eigenvalue weighted by Crippen LogP contribution is -2.71. The van der Waals surface area contributed by atoms with Crippen LogP contribution in [0.15, 0.2) is 0 Å². The first-order valence-corrected chi connectivity index (χ1v) is 42.5. The second kappa shape index (κ2) is 47.6. The van der Waals surface area contributed by atoms with Crippen molar-refractivity contribution in [1.82, 2.24) is 21.3 Å². The SMILES string of the molecule is CC(=O)N[C@@H]1[C@H](O[C@@H]2[C@@H](O[C@@H]3[C@H](O)[C@@H](O[C@@H]4[C@H](O)[C@H](O[C@H]5[C@H](O)[C@@H](NC(C)=O)[C@H](O[C@H]6[C@H](O)[C@@H](NC(C)=O)C(O)O[C@@H]6CO[C@@H]6O[C@@H](C)[C@@H](O)[C@@H](O)[C@@H]6O)O[C@@H]5CO)O[C@H](CO[C@H]5O[C@H](CO)[C@@H](O)[C@H](O)[C@@H]5O[C@@H]5O[C@H](CO)[C@@H](O[C@@H]6O[C@H](CO)[C@H](O)[C@H](O)[C@H]6O)[C@H](O)[C@H]5NC(C)=O)[C@H]4O)O[C@H](CO)[C@H]3O)O[C@H](CO)[C@@H](O)[C@@H]2O)O[C@H](CO)[C@@H](O[C@@H]2O[C@H](CO)[C@H](O)[C@H](O)[C@H]2O)[C@@H]1O. The maximum atomic E-state index is 13.3.